The Morgan fingerprint density at radius 2 is 2.43 bits per heavy atom. The number of aryl methyl sites for hydroxylation is 1. The highest BCUT2D eigenvalue weighted by atomic mass is 16.5. The molecule has 2 heterocycles. The third-order valence-electron chi connectivity index (χ3n) is 2.87. The Bertz CT molecular complexity index is 300. The van der Waals surface area contributed by atoms with Crippen molar-refractivity contribution in [2.24, 2.45) is 0 Å². The van der Waals surface area contributed by atoms with Crippen molar-refractivity contribution >= 4 is 0 Å². The van der Waals surface area contributed by atoms with Crippen LogP contribution in [0.5, 0.6) is 0 Å². The molecule has 0 saturated carbocycles. The first-order chi connectivity index (χ1) is 6.83. The predicted molar refractivity (Wildman–Crippen MR) is 55.2 cm³/mol. The lowest BCUT2D eigenvalue weighted by molar-refractivity contribution is -0.0410. The quantitative estimate of drug-likeness (QED) is 0.723. The molecule has 0 amide bonds. The fourth-order valence-corrected chi connectivity index (χ4v) is 2.08. The van der Waals surface area contributed by atoms with E-state index in [2.05, 4.69) is 23.6 Å². The first kappa shape index (κ1) is 9.71. The van der Waals surface area contributed by atoms with Gasteiger partial charge in [-0.3, -0.25) is 0 Å². The smallest absolute Gasteiger partial charge is 0.150 e. The van der Waals surface area contributed by atoms with Crippen LogP contribution in [0.4, 0.5) is 0 Å². The predicted octanol–water partition coefficient (Wildman–Crippen LogP) is 2.45. The molecule has 0 bridgehead atoms. The van der Waals surface area contributed by atoms with Crippen molar-refractivity contribution in [3.05, 3.63) is 17.5 Å². The van der Waals surface area contributed by atoms with Gasteiger partial charge in [0.05, 0.1) is 6.20 Å². The average molecular weight is 194 g/mol. The van der Waals surface area contributed by atoms with Gasteiger partial charge in [-0.05, 0) is 38.2 Å². The number of hydrogen-bond acceptors (Lipinski definition) is 2. The Hall–Kier alpha value is -0.830. The molecule has 3 nitrogen and oxygen atoms in total. The van der Waals surface area contributed by atoms with Crippen LogP contribution in [-0.4, -0.2) is 16.4 Å². The summed E-state index contributed by atoms with van der Waals surface area (Å²) in [5, 5.41) is 4.40. The van der Waals surface area contributed by atoms with Crippen LogP contribution < -0.4 is 0 Å². The molecular formula is C11H18N2O. The van der Waals surface area contributed by atoms with E-state index >= 15 is 0 Å². The summed E-state index contributed by atoms with van der Waals surface area (Å²) in [5.74, 6) is 0. The van der Waals surface area contributed by atoms with Gasteiger partial charge < -0.3 is 4.74 Å². The Morgan fingerprint density at radius 1 is 1.57 bits per heavy atom. The van der Waals surface area contributed by atoms with E-state index in [1.807, 2.05) is 6.20 Å². The number of nitrogens with zero attached hydrogens (tertiary/aromatic N) is 2. The number of aromatic nitrogens is 2. The van der Waals surface area contributed by atoms with Crippen molar-refractivity contribution in [3.8, 4) is 0 Å². The highest BCUT2D eigenvalue weighted by Crippen LogP contribution is 2.24. The highest BCUT2D eigenvalue weighted by molar-refractivity contribution is 5.15. The molecule has 14 heavy (non-hydrogen) atoms. The second-order valence-corrected chi connectivity index (χ2v) is 3.89. The van der Waals surface area contributed by atoms with E-state index in [9.17, 15) is 0 Å². The first-order valence-corrected chi connectivity index (χ1v) is 5.47. The van der Waals surface area contributed by atoms with E-state index < -0.39 is 0 Å². The van der Waals surface area contributed by atoms with Gasteiger partial charge in [-0.2, -0.15) is 5.10 Å². The zero-order valence-corrected chi connectivity index (χ0v) is 8.99. The van der Waals surface area contributed by atoms with E-state index in [0.29, 0.717) is 0 Å². The molecule has 1 atom stereocenters. The molecule has 0 spiro atoms. The lowest BCUT2D eigenvalue weighted by Crippen LogP contribution is -2.20. The summed E-state index contributed by atoms with van der Waals surface area (Å²) in [7, 11) is 0. The van der Waals surface area contributed by atoms with E-state index in [1.54, 1.807) is 0 Å². The minimum absolute atomic E-state index is 0.187. The molecule has 0 N–H and O–H groups in total. The van der Waals surface area contributed by atoms with Crippen LogP contribution in [0, 0.1) is 6.92 Å². The minimum Gasteiger partial charge on any atom is -0.357 e. The van der Waals surface area contributed by atoms with Gasteiger partial charge in [-0.25, -0.2) is 4.68 Å². The van der Waals surface area contributed by atoms with Gasteiger partial charge in [-0.15, -0.1) is 0 Å². The summed E-state index contributed by atoms with van der Waals surface area (Å²) in [5.41, 5.74) is 2.60. The Labute approximate surface area is 85.1 Å². The number of ether oxygens (including phenoxy) is 1. The van der Waals surface area contributed by atoms with Crippen LogP contribution in [0.1, 0.15) is 43.7 Å². The lowest BCUT2D eigenvalue weighted by atomic mass is 10.1. The summed E-state index contributed by atoms with van der Waals surface area (Å²) in [6.07, 6.45) is 6.72. The summed E-state index contributed by atoms with van der Waals surface area (Å²) in [6, 6.07) is 0. The van der Waals surface area contributed by atoms with Crippen LogP contribution in [-0.2, 0) is 11.2 Å². The maximum atomic E-state index is 5.72. The van der Waals surface area contributed by atoms with Crippen molar-refractivity contribution in [2.45, 2.75) is 45.8 Å². The van der Waals surface area contributed by atoms with Crippen LogP contribution in [0.3, 0.4) is 0 Å². The molecule has 1 aromatic heterocycles. The second kappa shape index (κ2) is 4.13. The van der Waals surface area contributed by atoms with E-state index in [1.165, 1.54) is 24.1 Å². The molecule has 1 aromatic rings. The van der Waals surface area contributed by atoms with Crippen molar-refractivity contribution in [3.63, 3.8) is 0 Å². The van der Waals surface area contributed by atoms with Crippen molar-refractivity contribution in [1.82, 2.24) is 9.78 Å². The van der Waals surface area contributed by atoms with Gasteiger partial charge in [0, 0.05) is 12.3 Å². The van der Waals surface area contributed by atoms with Crippen molar-refractivity contribution in [2.75, 3.05) is 6.61 Å². The summed E-state index contributed by atoms with van der Waals surface area (Å²) in [4.78, 5) is 0. The molecule has 1 saturated heterocycles. The van der Waals surface area contributed by atoms with Gasteiger partial charge in [0.25, 0.3) is 0 Å². The monoisotopic (exact) mass is 194 g/mol. The molecule has 0 radical (unpaired) electrons. The van der Waals surface area contributed by atoms with Crippen LogP contribution in [0.25, 0.3) is 0 Å². The highest BCUT2D eigenvalue weighted by Gasteiger charge is 2.19. The van der Waals surface area contributed by atoms with Crippen LogP contribution in [0.15, 0.2) is 6.20 Å². The zero-order chi connectivity index (χ0) is 9.97. The van der Waals surface area contributed by atoms with E-state index in [0.717, 1.165) is 19.4 Å². The topological polar surface area (TPSA) is 27.1 Å². The molecule has 3 heteroatoms. The lowest BCUT2D eigenvalue weighted by Gasteiger charge is -2.24. The normalized spacial score (nSPS) is 22.6. The third-order valence-corrected chi connectivity index (χ3v) is 2.87. The van der Waals surface area contributed by atoms with Gasteiger partial charge >= 0.3 is 0 Å². The summed E-state index contributed by atoms with van der Waals surface area (Å²) >= 11 is 0. The summed E-state index contributed by atoms with van der Waals surface area (Å²) in [6.45, 7) is 5.17. The van der Waals surface area contributed by atoms with Gasteiger partial charge in [0.1, 0.15) is 6.23 Å². The van der Waals surface area contributed by atoms with Gasteiger partial charge in [-0.1, -0.05) is 6.92 Å². The van der Waals surface area contributed by atoms with Crippen LogP contribution in [0.2, 0.25) is 0 Å². The third kappa shape index (κ3) is 1.69. The Morgan fingerprint density at radius 3 is 3.07 bits per heavy atom. The maximum absolute atomic E-state index is 5.72. The van der Waals surface area contributed by atoms with Gasteiger partial charge in [0.2, 0.25) is 0 Å². The summed E-state index contributed by atoms with van der Waals surface area (Å²) < 4.78 is 7.78. The molecule has 2 rings (SSSR count). The van der Waals surface area contributed by atoms with Crippen molar-refractivity contribution < 1.29 is 4.74 Å². The van der Waals surface area contributed by atoms with Crippen molar-refractivity contribution in [1.29, 1.82) is 0 Å². The first-order valence-electron chi connectivity index (χ1n) is 5.47. The molecular weight excluding hydrogens is 176 g/mol. The largest absolute Gasteiger partial charge is 0.357 e. The van der Waals surface area contributed by atoms with E-state index in [4.69, 9.17) is 4.74 Å². The van der Waals surface area contributed by atoms with E-state index in [-0.39, 0.29) is 6.23 Å². The SMILES string of the molecule is CCc1c(C)cnn1C1CCCCO1. The molecule has 1 fully saturated rings. The fourth-order valence-electron chi connectivity index (χ4n) is 2.08. The average Bonchev–Trinajstić information content (AvgIpc) is 2.61. The molecule has 1 unspecified atom stereocenters. The molecule has 1 aliphatic heterocycles. The van der Waals surface area contributed by atoms with Gasteiger partial charge in [0.15, 0.2) is 0 Å². The Balaban J connectivity index is 2.21. The number of hydrogen-bond donors (Lipinski definition) is 0. The standard InChI is InChI=1S/C11H18N2O/c1-3-10-9(2)8-12-13(10)11-6-4-5-7-14-11/h8,11H,3-7H2,1-2H3. The molecule has 1 aliphatic rings. The molecule has 0 aliphatic carbocycles. The molecule has 0 aromatic carbocycles. The second-order valence-electron chi connectivity index (χ2n) is 3.89. The van der Waals surface area contributed by atoms with Crippen LogP contribution >= 0.6 is 0 Å². The molecule has 78 valence electrons. The number of rotatable bonds is 2. The minimum atomic E-state index is 0.187. The Kier molecular flexibility index (Phi) is 2.87. The zero-order valence-electron chi connectivity index (χ0n) is 8.99. The maximum Gasteiger partial charge on any atom is 0.150 e. The fraction of sp³-hybridized carbons (Fsp3) is 0.727.